The molecule has 168 valence electrons. The Morgan fingerprint density at radius 1 is 1.17 bits per heavy atom. The second-order valence-electron chi connectivity index (χ2n) is 8.73. The lowest BCUT2D eigenvalue weighted by atomic mass is 9.93. The number of carboxylic acid groups (broad SMARTS) is 1. The SMILES string of the molecule is CCC(CC)(CC)OC[C@H]1[C@@H](NCc2ccc(OC)cc2)[C@H]2CCC[C@H]2N1C(=O)O. The van der Waals surface area contributed by atoms with Crippen LogP contribution in [0, 0.1) is 5.92 Å². The largest absolute Gasteiger partial charge is 0.497 e. The van der Waals surface area contributed by atoms with Gasteiger partial charge in [-0.05, 0) is 55.7 Å². The van der Waals surface area contributed by atoms with Crippen molar-refractivity contribution in [2.24, 2.45) is 5.92 Å². The molecule has 0 bridgehead atoms. The van der Waals surface area contributed by atoms with E-state index in [1.165, 1.54) is 5.56 Å². The van der Waals surface area contributed by atoms with Crippen LogP contribution in [0.3, 0.4) is 0 Å². The number of nitrogens with one attached hydrogen (secondary N) is 1. The number of ether oxygens (including phenoxy) is 2. The van der Waals surface area contributed by atoms with Gasteiger partial charge in [-0.2, -0.15) is 0 Å². The molecule has 1 aromatic carbocycles. The van der Waals surface area contributed by atoms with E-state index >= 15 is 0 Å². The molecule has 3 rings (SSSR count). The van der Waals surface area contributed by atoms with Crippen molar-refractivity contribution >= 4 is 6.09 Å². The van der Waals surface area contributed by atoms with E-state index in [9.17, 15) is 9.90 Å². The maximum Gasteiger partial charge on any atom is 0.407 e. The molecule has 0 unspecified atom stereocenters. The van der Waals surface area contributed by atoms with E-state index in [4.69, 9.17) is 9.47 Å². The van der Waals surface area contributed by atoms with Crippen molar-refractivity contribution in [3.05, 3.63) is 29.8 Å². The molecular formula is C24H38N2O4. The fraction of sp³-hybridized carbons (Fsp3) is 0.708. The summed E-state index contributed by atoms with van der Waals surface area (Å²) < 4.78 is 11.7. The minimum Gasteiger partial charge on any atom is -0.497 e. The van der Waals surface area contributed by atoms with Crippen LogP contribution in [0.4, 0.5) is 4.79 Å². The van der Waals surface area contributed by atoms with Crippen LogP contribution in [0.2, 0.25) is 0 Å². The maximum atomic E-state index is 12.2. The maximum absolute atomic E-state index is 12.2. The first-order valence-electron chi connectivity index (χ1n) is 11.5. The van der Waals surface area contributed by atoms with Crippen molar-refractivity contribution in [3.8, 4) is 5.75 Å². The highest BCUT2D eigenvalue weighted by molar-refractivity contribution is 5.67. The Labute approximate surface area is 180 Å². The molecule has 30 heavy (non-hydrogen) atoms. The third-order valence-corrected chi connectivity index (χ3v) is 7.54. The Morgan fingerprint density at radius 2 is 1.83 bits per heavy atom. The Balaban J connectivity index is 1.76. The number of benzene rings is 1. The van der Waals surface area contributed by atoms with Gasteiger partial charge in [0.1, 0.15) is 5.75 Å². The molecule has 1 aliphatic carbocycles. The summed E-state index contributed by atoms with van der Waals surface area (Å²) in [6, 6.07) is 8.11. The molecular weight excluding hydrogens is 380 g/mol. The number of hydrogen-bond acceptors (Lipinski definition) is 4. The van der Waals surface area contributed by atoms with Gasteiger partial charge in [-0.25, -0.2) is 4.79 Å². The molecule has 0 radical (unpaired) electrons. The zero-order valence-corrected chi connectivity index (χ0v) is 18.9. The summed E-state index contributed by atoms with van der Waals surface area (Å²) in [5.74, 6) is 1.20. The second-order valence-corrected chi connectivity index (χ2v) is 8.73. The summed E-state index contributed by atoms with van der Waals surface area (Å²) in [5, 5.41) is 13.7. The summed E-state index contributed by atoms with van der Waals surface area (Å²) >= 11 is 0. The standard InChI is InChI=1S/C24H38N2O4/c1-5-24(6-2,7-3)30-16-21-22(19-9-8-10-20(19)26(21)23(27)28)25-15-17-11-13-18(29-4)14-12-17/h11-14,19-22,25H,5-10,15-16H2,1-4H3,(H,27,28)/t19-,20+,21-,22-/m0/s1. The number of carbonyl (C=O) groups is 1. The van der Waals surface area contributed by atoms with Gasteiger partial charge in [0.05, 0.1) is 25.4 Å². The predicted octanol–water partition coefficient (Wildman–Crippen LogP) is 4.67. The van der Waals surface area contributed by atoms with Crippen LogP contribution in [0.25, 0.3) is 0 Å². The molecule has 1 aliphatic heterocycles. The highest BCUT2D eigenvalue weighted by atomic mass is 16.5. The van der Waals surface area contributed by atoms with E-state index in [1.54, 1.807) is 12.0 Å². The molecule has 6 heteroatoms. The molecule has 2 fully saturated rings. The van der Waals surface area contributed by atoms with Gasteiger partial charge in [-0.1, -0.05) is 39.3 Å². The van der Waals surface area contributed by atoms with Crippen molar-refractivity contribution < 1.29 is 19.4 Å². The first-order chi connectivity index (χ1) is 14.5. The quantitative estimate of drug-likeness (QED) is 0.578. The molecule has 1 saturated carbocycles. The van der Waals surface area contributed by atoms with Crippen molar-refractivity contribution in [2.75, 3.05) is 13.7 Å². The fourth-order valence-corrected chi connectivity index (χ4v) is 5.49. The molecule has 1 aromatic rings. The summed E-state index contributed by atoms with van der Waals surface area (Å²) in [4.78, 5) is 13.9. The van der Waals surface area contributed by atoms with Crippen LogP contribution in [-0.2, 0) is 11.3 Å². The van der Waals surface area contributed by atoms with Crippen LogP contribution >= 0.6 is 0 Å². The monoisotopic (exact) mass is 418 g/mol. The van der Waals surface area contributed by atoms with Gasteiger partial charge >= 0.3 is 6.09 Å². The molecule has 2 aliphatic rings. The first-order valence-corrected chi connectivity index (χ1v) is 11.5. The normalized spacial score (nSPS) is 26.1. The molecule has 1 amide bonds. The van der Waals surface area contributed by atoms with E-state index in [1.807, 2.05) is 12.1 Å². The number of methoxy groups -OCH3 is 1. The zero-order valence-electron chi connectivity index (χ0n) is 18.9. The van der Waals surface area contributed by atoms with Crippen LogP contribution in [0.1, 0.15) is 64.9 Å². The zero-order chi connectivity index (χ0) is 21.7. The van der Waals surface area contributed by atoms with Gasteiger partial charge in [0.2, 0.25) is 0 Å². The van der Waals surface area contributed by atoms with Gasteiger partial charge in [0.25, 0.3) is 0 Å². The number of hydrogen-bond donors (Lipinski definition) is 2. The minimum absolute atomic E-state index is 0.101. The lowest BCUT2D eigenvalue weighted by molar-refractivity contribution is -0.0745. The molecule has 6 nitrogen and oxygen atoms in total. The number of likely N-dealkylation sites (tertiary alicyclic amines) is 1. The smallest absolute Gasteiger partial charge is 0.407 e. The van der Waals surface area contributed by atoms with E-state index in [2.05, 4.69) is 38.2 Å². The average Bonchev–Trinajstić information content (AvgIpc) is 3.34. The van der Waals surface area contributed by atoms with E-state index in [0.29, 0.717) is 19.1 Å². The first kappa shape index (κ1) is 22.9. The lowest BCUT2D eigenvalue weighted by Crippen LogP contribution is -2.50. The van der Waals surface area contributed by atoms with Gasteiger partial charge in [-0.3, -0.25) is 4.90 Å². The molecule has 1 saturated heterocycles. The van der Waals surface area contributed by atoms with E-state index < -0.39 is 6.09 Å². The Morgan fingerprint density at radius 3 is 2.40 bits per heavy atom. The average molecular weight is 419 g/mol. The number of nitrogens with zero attached hydrogens (tertiary/aromatic N) is 1. The Kier molecular flexibility index (Phi) is 7.64. The van der Waals surface area contributed by atoms with Gasteiger partial charge in [0.15, 0.2) is 0 Å². The van der Waals surface area contributed by atoms with Crippen molar-refractivity contribution in [3.63, 3.8) is 0 Å². The number of rotatable bonds is 10. The van der Waals surface area contributed by atoms with Crippen LogP contribution < -0.4 is 10.1 Å². The molecule has 0 spiro atoms. The van der Waals surface area contributed by atoms with Crippen LogP contribution in [0.5, 0.6) is 5.75 Å². The van der Waals surface area contributed by atoms with Crippen molar-refractivity contribution in [1.29, 1.82) is 0 Å². The third kappa shape index (κ3) is 4.59. The van der Waals surface area contributed by atoms with Gasteiger partial charge in [0, 0.05) is 18.6 Å². The molecule has 1 heterocycles. The minimum atomic E-state index is -0.815. The summed E-state index contributed by atoms with van der Waals surface area (Å²) in [6.07, 6.45) is 5.13. The number of fused-ring (bicyclic) bond motifs is 1. The molecule has 4 atom stereocenters. The van der Waals surface area contributed by atoms with Crippen LogP contribution in [-0.4, -0.2) is 53.5 Å². The predicted molar refractivity (Wildman–Crippen MR) is 118 cm³/mol. The highest BCUT2D eigenvalue weighted by Crippen LogP contribution is 2.42. The van der Waals surface area contributed by atoms with Crippen molar-refractivity contribution in [1.82, 2.24) is 10.2 Å². The van der Waals surface area contributed by atoms with Gasteiger partial charge < -0.3 is 19.9 Å². The topological polar surface area (TPSA) is 71.0 Å². The molecule has 2 N–H and O–H groups in total. The van der Waals surface area contributed by atoms with Crippen LogP contribution in [0.15, 0.2) is 24.3 Å². The highest BCUT2D eigenvalue weighted by Gasteiger charge is 2.53. The van der Waals surface area contributed by atoms with Gasteiger partial charge in [-0.15, -0.1) is 0 Å². The Hall–Kier alpha value is -1.79. The second kappa shape index (κ2) is 10.0. The lowest BCUT2D eigenvalue weighted by Gasteiger charge is -2.36. The number of amides is 1. The molecule has 0 aromatic heterocycles. The van der Waals surface area contributed by atoms with E-state index in [-0.39, 0.29) is 23.7 Å². The third-order valence-electron chi connectivity index (χ3n) is 7.54. The summed E-state index contributed by atoms with van der Waals surface area (Å²) in [6.45, 7) is 7.64. The van der Waals surface area contributed by atoms with Crippen molar-refractivity contribution in [2.45, 2.75) is 89.6 Å². The summed E-state index contributed by atoms with van der Waals surface area (Å²) in [5.41, 5.74) is 1.01. The Bertz CT molecular complexity index is 681. The summed E-state index contributed by atoms with van der Waals surface area (Å²) in [7, 11) is 1.67. The fourth-order valence-electron chi connectivity index (χ4n) is 5.49. The van der Waals surface area contributed by atoms with E-state index in [0.717, 1.165) is 44.3 Å².